The molecule has 0 fully saturated rings. The number of aromatic hydroxyl groups is 1. The van der Waals surface area contributed by atoms with E-state index in [1.807, 2.05) is 0 Å². The van der Waals surface area contributed by atoms with Gasteiger partial charge in [0, 0.05) is 19.5 Å². The Bertz CT molecular complexity index is 1170. The molecule has 1 amide bonds. The quantitative estimate of drug-likeness (QED) is 0.222. The van der Waals surface area contributed by atoms with Gasteiger partial charge in [0.25, 0.3) is 5.91 Å². The van der Waals surface area contributed by atoms with Crippen molar-refractivity contribution >= 4 is 13.7 Å². The second-order valence-electron chi connectivity index (χ2n) is 6.83. The number of phenolic OH excluding ortho intramolecular Hbond substituents is 1. The Balaban J connectivity index is 0.00000272. The zero-order valence-electron chi connectivity index (χ0n) is 19.0. The molecule has 0 saturated carbocycles. The molecule has 166 valence electrons. The monoisotopic (exact) mass is 528 g/mol. The Morgan fingerprint density at radius 3 is 2.42 bits per heavy atom. The maximum absolute atomic E-state index is 12.5. The van der Waals surface area contributed by atoms with Crippen molar-refractivity contribution in [3.63, 3.8) is 0 Å². The molecular weight excluding hydrogens is 509 g/mol. The number of hydrogen-bond donors (Lipinski definition) is 2. The number of benzene rings is 1. The molecule has 0 aliphatic heterocycles. The standard InChI is InChI=1S/C18H21N4O8P.2K/c1-5-19-18(24)15-14(17-20-9(4)28-22-17)16(29-21-15)11-6-10(8(2)3)13(7-12(11)23)30-31(25,26)27;;/h6-8,23H,5H2,1-4H3,(H,19,24)(H2,25,26,27);;/q;2*+1/p-2. The van der Waals surface area contributed by atoms with Crippen molar-refractivity contribution in [2.24, 2.45) is 0 Å². The van der Waals surface area contributed by atoms with Crippen LogP contribution < -0.4 is 122 Å². The number of carbonyl (C=O) groups excluding carboxylic acids is 1. The molecule has 3 rings (SSSR count). The van der Waals surface area contributed by atoms with Crippen LogP contribution in [0.2, 0.25) is 0 Å². The predicted molar refractivity (Wildman–Crippen MR) is 102 cm³/mol. The summed E-state index contributed by atoms with van der Waals surface area (Å²) in [6.07, 6.45) is 0. The van der Waals surface area contributed by atoms with Gasteiger partial charge < -0.3 is 38.3 Å². The van der Waals surface area contributed by atoms with Gasteiger partial charge in [-0.2, -0.15) is 4.98 Å². The third kappa shape index (κ3) is 7.52. The Morgan fingerprint density at radius 1 is 1.24 bits per heavy atom. The minimum Gasteiger partial charge on any atom is -0.780 e. The van der Waals surface area contributed by atoms with Gasteiger partial charge in [0.15, 0.2) is 11.5 Å². The van der Waals surface area contributed by atoms with Crippen LogP contribution in [0.5, 0.6) is 11.5 Å². The second-order valence-corrected chi connectivity index (χ2v) is 7.91. The molecule has 0 aliphatic carbocycles. The summed E-state index contributed by atoms with van der Waals surface area (Å²) in [6.45, 7) is 7.06. The third-order valence-corrected chi connectivity index (χ3v) is 4.62. The first-order valence-electron chi connectivity index (χ1n) is 9.19. The molecule has 0 aliphatic rings. The van der Waals surface area contributed by atoms with E-state index in [-0.39, 0.29) is 149 Å². The smallest absolute Gasteiger partial charge is 0.780 e. The van der Waals surface area contributed by atoms with E-state index in [0.717, 1.165) is 6.07 Å². The molecule has 0 unspecified atom stereocenters. The molecule has 33 heavy (non-hydrogen) atoms. The Morgan fingerprint density at radius 2 is 1.91 bits per heavy atom. The Hall–Kier alpha value is 0.0627. The largest absolute Gasteiger partial charge is 1.00 e. The van der Waals surface area contributed by atoms with Crippen LogP contribution in [0.3, 0.4) is 0 Å². The molecule has 0 atom stereocenters. The van der Waals surface area contributed by atoms with E-state index in [1.165, 1.54) is 6.07 Å². The molecule has 3 aromatic rings. The van der Waals surface area contributed by atoms with Crippen molar-refractivity contribution in [3.05, 3.63) is 29.3 Å². The molecule has 12 nitrogen and oxygen atoms in total. The van der Waals surface area contributed by atoms with Gasteiger partial charge in [0.2, 0.25) is 11.7 Å². The minimum atomic E-state index is -5.36. The molecule has 0 bridgehead atoms. The number of phenols is 1. The molecule has 1 aromatic carbocycles. The maximum Gasteiger partial charge on any atom is 1.00 e. The molecular formula is C18H19K2N4O8P. The number of nitrogens with zero attached hydrogens (tertiary/aromatic N) is 3. The Labute approximate surface area is 274 Å². The van der Waals surface area contributed by atoms with E-state index >= 15 is 0 Å². The van der Waals surface area contributed by atoms with Crippen LogP contribution in [-0.2, 0) is 4.57 Å². The SMILES string of the molecule is CCNC(=O)c1noc(-c2cc(C(C)C)c(OP(=O)([O-])[O-])cc2O)c1-c1noc(C)n1.[K+].[K+]. The third-order valence-electron chi connectivity index (χ3n) is 4.20. The van der Waals surface area contributed by atoms with Crippen molar-refractivity contribution in [2.75, 3.05) is 6.54 Å². The van der Waals surface area contributed by atoms with Crippen LogP contribution in [-0.4, -0.2) is 32.9 Å². The van der Waals surface area contributed by atoms with E-state index in [1.54, 1.807) is 27.7 Å². The first-order chi connectivity index (χ1) is 14.5. The second kappa shape index (κ2) is 12.9. The Kier molecular flexibility index (Phi) is 12.1. The summed E-state index contributed by atoms with van der Waals surface area (Å²) in [5, 5.41) is 20.7. The summed E-state index contributed by atoms with van der Waals surface area (Å²) in [7, 11) is -5.36. The van der Waals surface area contributed by atoms with Crippen LogP contribution in [0.1, 0.15) is 48.6 Å². The van der Waals surface area contributed by atoms with Crippen molar-refractivity contribution in [3.8, 4) is 34.2 Å². The van der Waals surface area contributed by atoms with E-state index in [9.17, 15) is 24.3 Å². The number of amides is 1. The predicted octanol–water partition coefficient (Wildman–Crippen LogP) is -4.51. The van der Waals surface area contributed by atoms with Crippen molar-refractivity contribution < 1.29 is 141 Å². The number of carbonyl (C=O) groups is 1. The van der Waals surface area contributed by atoms with Crippen molar-refractivity contribution in [1.82, 2.24) is 20.6 Å². The van der Waals surface area contributed by atoms with Crippen LogP contribution >= 0.6 is 7.82 Å². The van der Waals surface area contributed by atoms with E-state index in [4.69, 9.17) is 9.05 Å². The number of rotatable bonds is 7. The number of phosphoric acid groups is 1. The molecule has 15 heteroatoms. The van der Waals surface area contributed by atoms with Gasteiger partial charge in [-0.3, -0.25) is 4.79 Å². The molecule has 2 heterocycles. The number of nitrogens with one attached hydrogen (secondary N) is 1. The van der Waals surface area contributed by atoms with Crippen molar-refractivity contribution in [2.45, 2.75) is 33.6 Å². The van der Waals surface area contributed by atoms with Gasteiger partial charge in [-0.05, 0) is 24.5 Å². The molecule has 2 N–H and O–H groups in total. The van der Waals surface area contributed by atoms with Crippen LogP contribution in [0.4, 0.5) is 0 Å². The van der Waals surface area contributed by atoms with Crippen LogP contribution in [0, 0.1) is 6.92 Å². The number of aryl methyl sites for hydroxylation is 1. The fourth-order valence-electron chi connectivity index (χ4n) is 2.90. The summed E-state index contributed by atoms with van der Waals surface area (Å²) in [5.41, 5.74) is 0.293. The average molecular weight is 529 g/mol. The summed E-state index contributed by atoms with van der Waals surface area (Å²) in [6, 6.07) is 2.36. The zero-order chi connectivity index (χ0) is 22.9. The minimum absolute atomic E-state index is 0. The fraction of sp³-hybridized carbons (Fsp3) is 0.333. The number of phosphoric ester groups is 1. The summed E-state index contributed by atoms with van der Waals surface area (Å²) in [4.78, 5) is 38.8. The summed E-state index contributed by atoms with van der Waals surface area (Å²) >= 11 is 0. The van der Waals surface area contributed by atoms with E-state index in [0.29, 0.717) is 12.1 Å². The van der Waals surface area contributed by atoms with Gasteiger partial charge >= 0.3 is 103 Å². The molecule has 0 spiro atoms. The van der Waals surface area contributed by atoms with Crippen LogP contribution in [0.25, 0.3) is 22.7 Å². The van der Waals surface area contributed by atoms with Gasteiger partial charge in [-0.15, -0.1) is 0 Å². The summed E-state index contributed by atoms with van der Waals surface area (Å²) in [5.74, 6) is -1.48. The topological polar surface area (TPSA) is 187 Å². The van der Waals surface area contributed by atoms with E-state index < -0.39 is 19.5 Å². The van der Waals surface area contributed by atoms with Gasteiger partial charge in [0.05, 0.1) is 5.56 Å². The van der Waals surface area contributed by atoms with Crippen molar-refractivity contribution in [1.29, 1.82) is 0 Å². The first kappa shape index (κ1) is 31.1. The normalized spacial score (nSPS) is 11.0. The molecule has 0 radical (unpaired) electrons. The van der Waals surface area contributed by atoms with Gasteiger partial charge in [0.1, 0.15) is 24.9 Å². The molecule has 0 saturated heterocycles. The van der Waals surface area contributed by atoms with Gasteiger partial charge in [-0.25, -0.2) is 0 Å². The first-order valence-corrected chi connectivity index (χ1v) is 10.6. The zero-order valence-corrected chi connectivity index (χ0v) is 26.2. The maximum atomic E-state index is 12.5. The van der Waals surface area contributed by atoms with Crippen LogP contribution in [0.15, 0.2) is 21.2 Å². The fourth-order valence-corrected chi connectivity index (χ4v) is 3.30. The molecule has 2 aromatic heterocycles. The van der Waals surface area contributed by atoms with E-state index in [2.05, 4.69) is 25.1 Å². The average Bonchev–Trinajstić information content (AvgIpc) is 3.26. The number of aromatic nitrogens is 3. The number of hydrogen-bond acceptors (Lipinski definition) is 11. The summed E-state index contributed by atoms with van der Waals surface area (Å²) < 4.78 is 25.9. The van der Waals surface area contributed by atoms with Gasteiger partial charge in [-0.1, -0.05) is 24.2 Å².